The zero-order valence-corrected chi connectivity index (χ0v) is 11.7. The number of aromatic hydroxyl groups is 1. The van der Waals surface area contributed by atoms with Crippen molar-refractivity contribution in [3.63, 3.8) is 0 Å². The van der Waals surface area contributed by atoms with Crippen LogP contribution in [0.25, 0.3) is 0 Å². The van der Waals surface area contributed by atoms with Gasteiger partial charge in [-0.2, -0.15) is 0 Å². The van der Waals surface area contributed by atoms with Crippen molar-refractivity contribution in [1.82, 2.24) is 4.98 Å². The van der Waals surface area contributed by atoms with E-state index in [0.717, 1.165) is 23.9 Å². The van der Waals surface area contributed by atoms with Gasteiger partial charge in [0, 0.05) is 6.07 Å². The molecule has 0 spiro atoms. The number of sulfonamides is 1. The van der Waals surface area contributed by atoms with Crippen LogP contribution >= 0.6 is 0 Å². The lowest BCUT2D eigenvalue weighted by Crippen LogP contribution is -2.13. The molecule has 0 atom stereocenters. The number of pyridine rings is 1. The van der Waals surface area contributed by atoms with E-state index in [1.54, 1.807) is 13.0 Å². The molecule has 0 aliphatic heterocycles. The Morgan fingerprint density at radius 1 is 1.29 bits per heavy atom. The maximum atomic E-state index is 12.1. The smallest absolute Gasteiger partial charge is 0.363 e. The molecule has 0 saturated heterocycles. The molecule has 0 radical (unpaired) electrons. The first kappa shape index (κ1) is 14.7. The van der Waals surface area contributed by atoms with Crippen molar-refractivity contribution < 1.29 is 18.4 Å². The number of nitrogens with one attached hydrogen (secondary N) is 1. The lowest BCUT2D eigenvalue weighted by atomic mass is 10.2. The van der Waals surface area contributed by atoms with Gasteiger partial charge in [-0.25, -0.2) is 8.42 Å². The quantitative estimate of drug-likeness (QED) is 0.504. The fourth-order valence-corrected chi connectivity index (χ4v) is 2.59. The van der Waals surface area contributed by atoms with Gasteiger partial charge >= 0.3 is 5.82 Å². The second-order valence-electron chi connectivity index (χ2n) is 4.24. The van der Waals surface area contributed by atoms with Crippen LogP contribution in [0.2, 0.25) is 0 Å². The highest BCUT2D eigenvalue weighted by molar-refractivity contribution is 7.92. The van der Waals surface area contributed by atoms with E-state index < -0.39 is 20.8 Å². The van der Waals surface area contributed by atoms with E-state index in [1.165, 1.54) is 12.1 Å². The van der Waals surface area contributed by atoms with Crippen molar-refractivity contribution in [1.29, 1.82) is 0 Å². The van der Waals surface area contributed by atoms with Gasteiger partial charge in [0.25, 0.3) is 10.0 Å². The fraction of sp³-hybridized carbons (Fsp3) is 0.0833. The first-order valence-corrected chi connectivity index (χ1v) is 7.21. The molecule has 21 heavy (non-hydrogen) atoms. The third kappa shape index (κ3) is 3.26. The molecule has 1 heterocycles. The molecule has 110 valence electrons. The molecular formula is C12H11N3O5S. The van der Waals surface area contributed by atoms with Crippen LogP contribution in [0.15, 0.2) is 41.4 Å². The van der Waals surface area contributed by atoms with E-state index in [2.05, 4.69) is 9.71 Å². The Morgan fingerprint density at radius 2 is 2.00 bits per heavy atom. The number of aromatic nitrogens is 1. The molecule has 0 fully saturated rings. The lowest BCUT2D eigenvalue weighted by molar-refractivity contribution is -0.389. The Labute approximate surface area is 120 Å². The molecule has 0 bridgehead atoms. The zero-order valence-electron chi connectivity index (χ0n) is 10.8. The van der Waals surface area contributed by atoms with Crippen molar-refractivity contribution >= 4 is 21.5 Å². The number of aryl methyl sites for hydroxylation is 1. The summed E-state index contributed by atoms with van der Waals surface area (Å²) in [6.07, 6.45) is 0.881. The summed E-state index contributed by atoms with van der Waals surface area (Å²) in [7, 11) is -3.99. The van der Waals surface area contributed by atoms with Gasteiger partial charge in [0.05, 0.1) is 5.69 Å². The Morgan fingerprint density at radius 3 is 2.52 bits per heavy atom. The summed E-state index contributed by atoms with van der Waals surface area (Å²) in [6.45, 7) is 1.75. The summed E-state index contributed by atoms with van der Waals surface area (Å²) in [5, 5.41) is 20.2. The van der Waals surface area contributed by atoms with Crippen LogP contribution in [-0.2, 0) is 10.0 Å². The molecule has 0 saturated carbocycles. The van der Waals surface area contributed by atoms with Gasteiger partial charge in [0.15, 0.2) is 6.20 Å². The highest BCUT2D eigenvalue weighted by Crippen LogP contribution is 2.26. The van der Waals surface area contributed by atoms with Gasteiger partial charge in [-0.05, 0) is 40.6 Å². The van der Waals surface area contributed by atoms with Crippen molar-refractivity contribution in [2.75, 3.05) is 4.72 Å². The molecular weight excluding hydrogens is 298 g/mol. The molecule has 0 unspecified atom stereocenters. The Hall–Kier alpha value is -2.68. The maximum Gasteiger partial charge on any atom is 0.363 e. The second-order valence-corrected chi connectivity index (χ2v) is 5.92. The lowest BCUT2D eigenvalue weighted by Gasteiger charge is -2.09. The minimum absolute atomic E-state index is 0.0129. The van der Waals surface area contributed by atoms with E-state index in [-0.39, 0.29) is 16.3 Å². The molecule has 1 aromatic heterocycles. The third-order valence-electron chi connectivity index (χ3n) is 2.62. The molecule has 2 rings (SSSR count). The number of nitro groups is 1. The predicted octanol–water partition coefficient (Wildman–Crippen LogP) is 1.80. The molecule has 9 heteroatoms. The molecule has 0 aliphatic rings. The minimum atomic E-state index is -3.99. The fourth-order valence-electron chi connectivity index (χ4n) is 1.57. The second kappa shape index (κ2) is 5.37. The molecule has 8 nitrogen and oxygen atoms in total. The monoisotopic (exact) mass is 309 g/mol. The van der Waals surface area contributed by atoms with Gasteiger partial charge in [-0.3, -0.25) is 4.72 Å². The maximum absolute atomic E-state index is 12.1. The van der Waals surface area contributed by atoms with Crippen molar-refractivity contribution in [2.45, 2.75) is 11.8 Å². The normalized spacial score (nSPS) is 11.1. The molecule has 0 aliphatic carbocycles. The summed E-state index contributed by atoms with van der Waals surface area (Å²) in [4.78, 5) is 12.9. The first-order valence-electron chi connectivity index (χ1n) is 5.72. The van der Waals surface area contributed by atoms with Crippen LogP contribution in [0.3, 0.4) is 0 Å². The van der Waals surface area contributed by atoms with Crippen LogP contribution in [-0.4, -0.2) is 23.4 Å². The van der Waals surface area contributed by atoms with E-state index in [0.29, 0.717) is 0 Å². The van der Waals surface area contributed by atoms with Crippen LogP contribution in [0, 0.1) is 17.0 Å². The number of hydrogen-bond donors (Lipinski definition) is 2. The first-order chi connectivity index (χ1) is 9.79. The number of phenols is 1. The topological polar surface area (TPSA) is 122 Å². The zero-order chi connectivity index (χ0) is 15.6. The average Bonchev–Trinajstić information content (AvgIpc) is 2.42. The van der Waals surface area contributed by atoms with Gasteiger partial charge in [0.2, 0.25) is 0 Å². The van der Waals surface area contributed by atoms with Crippen LogP contribution in [0.1, 0.15) is 5.56 Å². The number of phenolic OH excluding ortho intramolecular Hbond substituents is 1. The number of rotatable bonds is 4. The van der Waals surface area contributed by atoms with E-state index in [4.69, 9.17) is 0 Å². The SMILES string of the molecule is Cc1ccc(NS(=O)(=O)c2ccc([N+](=O)[O-])nc2)c(O)c1. The summed E-state index contributed by atoms with van der Waals surface area (Å²) < 4.78 is 26.4. The predicted molar refractivity (Wildman–Crippen MR) is 74.5 cm³/mol. The standard InChI is InChI=1S/C12H11N3O5S/c1-8-2-4-10(11(16)6-8)14-21(19,20)9-3-5-12(13-7-9)15(17)18/h2-7,14,16H,1H3. The Bertz CT molecular complexity index is 787. The summed E-state index contributed by atoms with van der Waals surface area (Å²) >= 11 is 0. The van der Waals surface area contributed by atoms with E-state index >= 15 is 0 Å². The number of anilines is 1. The number of hydrogen-bond acceptors (Lipinski definition) is 6. The van der Waals surface area contributed by atoms with Gasteiger partial charge < -0.3 is 15.2 Å². The van der Waals surface area contributed by atoms with E-state index in [9.17, 15) is 23.6 Å². The Kier molecular flexibility index (Phi) is 3.76. The molecule has 1 aromatic carbocycles. The number of benzene rings is 1. The average molecular weight is 309 g/mol. The minimum Gasteiger partial charge on any atom is -0.506 e. The highest BCUT2D eigenvalue weighted by atomic mass is 32.2. The Balaban J connectivity index is 2.31. The van der Waals surface area contributed by atoms with E-state index in [1.807, 2.05) is 0 Å². The van der Waals surface area contributed by atoms with Crippen LogP contribution in [0.5, 0.6) is 5.75 Å². The highest BCUT2D eigenvalue weighted by Gasteiger charge is 2.19. The van der Waals surface area contributed by atoms with Crippen LogP contribution in [0.4, 0.5) is 11.5 Å². The summed E-state index contributed by atoms with van der Waals surface area (Å²) in [5.41, 5.74) is 0.784. The summed E-state index contributed by atoms with van der Waals surface area (Å²) in [5.74, 6) is -0.666. The van der Waals surface area contributed by atoms with Gasteiger partial charge in [-0.15, -0.1) is 0 Å². The van der Waals surface area contributed by atoms with Crippen molar-refractivity contribution in [3.8, 4) is 5.75 Å². The van der Waals surface area contributed by atoms with Gasteiger partial charge in [0.1, 0.15) is 10.6 Å². The molecule has 0 amide bonds. The largest absolute Gasteiger partial charge is 0.506 e. The van der Waals surface area contributed by atoms with Crippen molar-refractivity contribution in [2.24, 2.45) is 0 Å². The molecule has 2 N–H and O–H groups in total. The third-order valence-corrected chi connectivity index (χ3v) is 3.97. The summed E-state index contributed by atoms with van der Waals surface area (Å²) in [6, 6.07) is 6.51. The van der Waals surface area contributed by atoms with Gasteiger partial charge in [-0.1, -0.05) is 6.07 Å². The number of nitrogens with zero attached hydrogens (tertiary/aromatic N) is 2. The van der Waals surface area contributed by atoms with Crippen LogP contribution < -0.4 is 4.72 Å². The van der Waals surface area contributed by atoms with Crippen molar-refractivity contribution in [3.05, 3.63) is 52.2 Å². The molecule has 2 aromatic rings.